The third-order valence-corrected chi connectivity index (χ3v) is 4.41. The van der Waals surface area contributed by atoms with Crippen LogP contribution in [0, 0.1) is 0 Å². The van der Waals surface area contributed by atoms with Gasteiger partial charge in [-0.2, -0.15) is 0 Å². The maximum Gasteiger partial charge on any atom is 0.334 e. The Bertz CT molecular complexity index is 473. The summed E-state index contributed by atoms with van der Waals surface area (Å²) in [6, 6.07) is 0. The second-order valence-electron chi connectivity index (χ2n) is 6.07. The van der Waals surface area contributed by atoms with Gasteiger partial charge >= 0.3 is 11.9 Å². The van der Waals surface area contributed by atoms with Crippen molar-refractivity contribution in [3.8, 4) is 0 Å². The molecule has 0 saturated heterocycles. The molecule has 0 spiro atoms. The maximum atomic E-state index is 11.9. The lowest BCUT2D eigenvalue weighted by Gasteiger charge is -2.08. The van der Waals surface area contributed by atoms with E-state index >= 15 is 0 Å². The van der Waals surface area contributed by atoms with Crippen molar-refractivity contribution < 1.29 is 19.1 Å². The average molecular weight is 306 g/mol. The van der Waals surface area contributed by atoms with E-state index in [-0.39, 0.29) is 18.5 Å². The van der Waals surface area contributed by atoms with E-state index in [0.717, 1.165) is 43.3 Å². The van der Waals surface area contributed by atoms with E-state index < -0.39 is 0 Å². The van der Waals surface area contributed by atoms with E-state index in [1.54, 1.807) is 0 Å². The van der Waals surface area contributed by atoms with Crippen molar-refractivity contribution in [2.24, 2.45) is 0 Å². The van der Waals surface area contributed by atoms with Gasteiger partial charge in [0.25, 0.3) is 0 Å². The van der Waals surface area contributed by atoms with Gasteiger partial charge in [0.2, 0.25) is 0 Å². The summed E-state index contributed by atoms with van der Waals surface area (Å²) < 4.78 is 10.0. The zero-order valence-electron chi connectivity index (χ0n) is 13.5. The van der Waals surface area contributed by atoms with Crippen molar-refractivity contribution in [1.82, 2.24) is 0 Å². The van der Waals surface area contributed by atoms with E-state index in [1.807, 2.05) is 6.08 Å². The Morgan fingerprint density at radius 2 is 1.59 bits per heavy atom. The lowest BCUT2D eigenvalue weighted by molar-refractivity contribution is -0.136. The van der Waals surface area contributed by atoms with Crippen molar-refractivity contribution in [1.29, 1.82) is 0 Å². The second kappa shape index (κ2) is 8.76. The number of hydrogen-bond donors (Lipinski definition) is 0. The molecule has 0 aromatic carbocycles. The first-order valence-corrected chi connectivity index (χ1v) is 8.40. The van der Waals surface area contributed by atoms with Crippen molar-refractivity contribution >= 4 is 11.9 Å². The Balaban J connectivity index is 2.20. The molecular formula is C18H26O4. The summed E-state index contributed by atoms with van der Waals surface area (Å²) in [6.07, 6.45) is 12.5. The van der Waals surface area contributed by atoms with Crippen LogP contribution < -0.4 is 0 Å². The van der Waals surface area contributed by atoms with E-state index in [9.17, 15) is 9.59 Å². The number of cyclic esters (lactones) is 1. The van der Waals surface area contributed by atoms with Gasteiger partial charge in [-0.3, -0.25) is 0 Å². The van der Waals surface area contributed by atoms with Gasteiger partial charge in [-0.1, -0.05) is 38.5 Å². The monoisotopic (exact) mass is 306 g/mol. The third-order valence-electron chi connectivity index (χ3n) is 4.41. The number of carbonyl (C=O) groups is 2. The van der Waals surface area contributed by atoms with Crippen LogP contribution in [0.3, 0.4) is 0 Å². The highest BCUT2D eigenvalue weighted by atomic mass is 16.5. The summed E-state index contributed by atoms with van der Waals surface area (Å²) in [7, 11) is 1.40. The summed E-state index contributed by atoms with van der Waals surface area (Å²) in [5, 5.41) is 0. The molecule has 122 valence electrons. The number of rotatable bonds is 1. The fraction of sp³-hybridized carbons (Fsp3) is 0.667. The van der Waals surface area contributed by atoms with Crippen LogP contribution in [-0.2, 0) is 19.1 Å². The molecule has 1 aliphatic heterocycles. The highest BCUT2D eigenvalue weighted by Crippen LogP contribution is 2.26. The molecule has 0 bridgehead atoms. The van der Waals surface area contributed by atoms with Gasteiger partial charge in [0.1, 0.15) is 6.61 Å². The summed E-state index contributed by atoms with van der Waals surface area (Å²) in [4.78, 5) is 23.8. The second-order valence-corrected chi connectivity index (χ2v) is 6.07. The first-order valence-electron chi connectivity index (χ1n) is 8.40. The molecule has 1 heterocycles. The predicted octanol–water partition coefficient (Wildman–Crippen LogP) is 3.85. The summed E-state index contributed by atoms with van der Waals surface area (Å²) in [5.74, 6) is -0.513. The van der Waals surface area contributed by atoms with Gasteiger partial charge in [0.15, 0.2) is 0 Å². The number of methoxy groups -OCH3 is 1. The maximum absolute atomic E-state index is 11.9. The number of carbonyl (C=O) groups excluding carboxylic acids is 2. The molecule has 4 heteroatoms. The molecule has 1 aliphatic carbocycles. The van der Waals surface area contributed by atoms with Crippen molar-refractivity contribution in [3.63, 3.8) is 0 Å². The van der Waals surface area contributed by atoms with Crippen LogP contribution in [0.25, 0.3) is 0 Å². The van der Waals surface area contributed by atoms with Crippen LogP contribution in [0.5, 0.6) is 0 Å². The van der Waals surface area contributed by atoms with Gasteiger partial charge in [-0.05, 0) is 31.8 Å². The van der Waals surface area contributed by atoms with Gasteiger partial charge < -0.3 is 9.47 Å². The van der Waals surface area contributed by atoms with Crippen molar-refractivity contribution in [2.45, 2.75) is 64.2 Å². The summed E-state index contributed by atoms with van der Waals surface area (Å²) in [5.41, 5.74) is 2.27. The SMILES string of the molecule is COC(=O)/C1=C\C2=C(CCCCCCCCCC1)C(=O)OC2. The van der Waals surface area contributed by atoms with Crippen molar-refractivity contribution in [3.05, 3.63) is 22.8 Å². The topological polar surface area (TPSA) is 52.6 Å². The molecule has 0 N–H and O–H groups in total. The molecule has 2 aliphatic rings. The average Bonchev–Trinajstić information content (AvgIpc) is 2.87. The molecule has 0 radical (unpaired) electrons. The Morgan fingerprint density at radius 1 is 1.00 bits per heavy atom. The largest absolute Gasteiger partial charge is 0.466 e. The molecule has 4 nitrogen and oxygen atoms in total. The lowest BCUT2D eigenvalue weighted by atomic mass is 9.97. The zero-order valence-corrected chi connectivity index (χ0v) is 13.5. The number of ether oxygens (including phenoxy) is 2. The fourth-order valence-electron chi connectivity index (χ4n) is 3.09. The smallest absolute Gasteiger partial charge is 0.334 e. The highest BCUT2D eigenvalue weighted by Gasteiger charge is 2.24. The van der Waals surface area contributed by atoms with Gasteiger partial charge in [0.05, 0.1) is 7.11 Å². The van der Waals surface area contributed by atoms with Crippen LogP contribution in [0.1, 0.15) is 64.2 Å². The molecule has 0 unspecified atom stereocenters. The molecule has 0 saturated carbocycles. The lowest BCUT2D eigenvalue weighted by Crippen LogP contribution is -2.06. The van der Waals surface area contributed by atoms with Gasteiger partial charge in [0, 0.05) is 16.7 Å². The van der Waals surface area contributed by atoms with Crippen LogP contribution in [0.15, 0.2) is 22.8 Å². The van der Waals surface area contributed by atoms with E-state index in [2.05, 4.69) is 0 Å². The van der Waals surface area contributed by atoms with E-state index in [1.165, 1.54) is 32.8 Å². The van der Waals surface area contributed by atoms with E-state index in [0.29, 0.717) is 12.0 Å². The zero-order chi connectivity index (χ0) is 15.8. The Hall–Kier alpha value is -1.58. The molecule has 0 fully saturated rings. The highest BCUT2D eigenvalue weighted by molar-refractivity contribution is 5.94. The summed E-state index contributed by atoms with van der Waals surface area (Å²) >= 11 is 0. The van der Waals surface area contributed by atoms with Gasteiger partial charge in [-0.15, -0.1) is 0 Å². The fourth-order valence-corrected chi connectivity index (χ4v) is 3.09. The van der Waals surface area contributed by atoms with Crippen molar-refractivity contribution in [2.75, 3.05) is 13.7 Å². The Morgan fingerprint density at radius 3 is 2.23 bits per heavy atom. The molecular weight excluding hydrogens is 280 g/mol. The molecule has 0 aromatic rings. The minimum Gasteiger partial charge on any atom is -0.466 e. The molecule has 0 amide bonds. The molecule has 0 atom stereocenters. The predicted molar refractivity (Wildman–Crippen MR) is 84.3 cm³/mol. The van der Waals surface area contributed by atoms with Gasteiger partial charge in [-0.25, -0.2) is 9.59 Å². The molecule has 2 rings (SSSR count). The normalized spacial score (nSPS) is 23.9. The quantitative estimate of drug-likeness (QED) is 0.690. The Kier molecular flexibility index (Phi) is 6.69. The minimum atomic E-state index is -0.293. The number of hydrogen-bond acceptors (Lipinski definition) is 4. The molecule has 22 heavy (non-hydrogen) atoms. The van der Waals surface area contributed by atoms with Crippen LogP contribution >= 0.6 is 0 Å². The third kappa shape index (κ3) is 4.72. The number of esters is 2. The molecule has 0 aromatic heterocycles. The van der Waals surface area contributed by atoms with Crippen LogP contribution in [0.4, 0.5) is 0 Å². The first-order chi connectivity index (χ1) is 10.7. The van der Waals surface area contributed by atoms with E-state index in [4.69, 9.17) is 9.47 Å². The standard InChI is InChI=1S/C18H26O4/c1-21-17(19)14-10-8-6-4-2-3-5-7-9-11-16-15(12-14)13-22-18(16)20/h12H,2-11,13H2,1H3/b14-12-. The van der Waals surface area contributed by atoms with Crippen LogP contribution in [0.2, 0.25) is 0 Å². The summed E-state index contributed by atoms with van der Waals surface area (Å²) in [6.45, 7) is 0.286. The van der Waals surface area contributed by atoms with Crippen LogP contribution in [-0.4, -0.2) is 25.7 Å². The first kappa shape index (κ1) is 16.8. The minimum absolute atomic E-state index is 0.220. The Labute approximate surface area is 132 Å².